The van der Waals surface area contributed by atoms with Crippen LogP contribution in [0.5, 0.6) is 11.5 Å². The highest BCUT2D eigenvalue weighted by molar-refractivity contribution is 6.02. The number of benzene rings is 2. The molecule has 0 aliphatic heterocycles. The zero-order valence-corrected chi connectivity index (χ0v) is 19.1. The van der Waals surface area contributed by atoms with Gasteiger partial charge in [-0.2, -0.15) is 0 Å². The number of rotatable bonds is 10. The first kappa shape index (κ1) is 24.1. The number of Topliss-reactive ketones (excluding diaryl/α,β-unsaturated/α-hetero) is 2. The Labute approximate surface area is 192 Å². The van der Waals surface area contributed by atoms with Gasteiger partial charge in [-0.1, -0.05) is 12.1 Å². The number of ketones is 2. The summed E-state index contributed by atoms with van der Waals surface area (Å²) in [5.74, 6) is 0.264. The molecule has 0 saturated carbocycles. The van der Waals surface area contributed by atoms with Gasteiger partial charge < -0.3 is 14.2 Å². The Hall–Kier alpha value is -3.58. The van der Waals surface area contributed by atoms with Crippen molar-refractivity contribution in [3.8, 4) is 22.8 Å². The fraction of sp³-hybridized carbons (Fsp3) is 0.269. The summed E-state index contributed by atoms with van der Waals surface area (Å²) in [5.41, 5.74) is 3.05. The van der Waals surface area contributed by atoms with E-state index >= 15 is 0 Å². The molecule has 0 atom stereocenters. The van der Waals surface area contributed by atoms with E-state index in [1.807, 2.05) is 0 Å². The number of hydrogen-bond acceptors (Lipinski definition) is 6. The monoisotopic (exact) mass is 451 g/mol. The minimum atomic E-state index is -0.324. The number of ether oxygens (including phenoxy) is 3. The normalized spacial score (nSPS) is 10.7. The van der Waals surface area contributed by atoms with Gasteiger partial charge in [-0.3, -0.25) is 9.59 Å². The summed E-state index contributed by atoms with van der Waals surface area (Å²) in [5, 5.41) is 0. The van der Waals surface area contributed by atoms with Gasteiger partial charge in [0.2, 0.25) is 0 Å². The summed E-state index contributed by atoms with van der Waals surface area (Å²) in [4.78, 5) is 29.9. The molecule has 7 heteroatoms. The van der Waals surface area contributed by atoms with E-state index in [1.165, 1.54) is 20.3 Å². The lowest BCUT2D eigenvalue weighted by atomic mass is 10.0. The first-order chi connectivity index (χ1) is 15.9. The minimum Gasteiger partial charge on any atom is -0.496 e. The molecule has 0 amide bonds. The molecular weight excluding hydrogens is 425 g/mol. The fourth-order valence-corrected chi connectivity index (χ4v) is 3.46. The van der Waals surface area contributed by atoms with Crippen LogP contribution in [0.15, 0.2) is 48.5 Å². The molecular formula is C26H26FNO5. The molecule has 0 unspecified atom stereocenters. The minimum absolute atomic E-state index is 0.00217. The fourth-order valence-electron chi connectivity index (χ4n) is 3.46. The van der Waals surface area contributed by atoms with Crippen LogP contribution in [0.25, 0.3) is 11.3 Å². The summed E-state index contributed by atoms with van der Waals surface area (Å²) in [6.07, 6.45) is 0.0342. The summed E-state index contributed by atoms with van der Waals surface area (Å²) < 4.78 is 29.5. The average molecular weight is 451 g/mol. The molecule has 0 fully saturated rings. The van der Waals surface area contributed by atoms with Gasteiger partial charge in [-0.05, 0) is 48.9 Å². The van der Waals surface area contributed by atoms with E-state index in [1.54, 1.807) is 56.5 Å². The predicted molar refractivity (Wildman–Crippen MR) is 123 cm³/mol. The highest BCUT2D eigenvalue weighted by Gasteiger charge is 2.17. The number of carbonyl (C=O) groups excluding carboxylic acids is 2. The van der Waals surface area contributed by atoms with Crippen molar-refractivity contribution in [2.24, 2.45) is 0 Å². The standard InChI is InChI=1S/C26H26FNO5/c1-16-13-18(7-8-20(16)27)26-24(32-3)12-9-21(28-26)23(30)11-10-22(29)17-5-6-19(15-31-2)25(14-17)33-4/h5-9,12-14H,10-11,15H2,1-4H3. The Morgan fingerprint density at radius 1 is 0.879 bits per heavy atom. The molecule has 0 saturated heterocycles. The maximum absolute atomic E-state index is 13.7. The first-order valence-electron chi connectivity index (χ1n) is 10.4. The third kappa shape index (κ3) is 5.62. The average Bonchev–Trinajstić information content (AvgIpc) is 2.84. The highest BCUT2D eigenvalue weighted by atomic mass is 19.1. The molecule has 33 heavy (non-hydrogen) atoms. The van der Waals surface area contributed by atoms with Gasteiger partial charge in [0.05, 0.1) is 20.8 Å². The van der Waals surface area contributed by atoms with E-state index in [4.69, 9.17) is 14.2 Å². The Morgan fingerprint density at radius 2 is 1.61 bits per heavy atom. The van der Waals surface area contributed by atoms with Crippen molar-refractivity contribution in [1.29, 1.82) is 0 Å². The number of aromatic nitrogens is 1. The molecule has 0 aliphatic carbocycles. The van der Waals surface area contributed by atoms with Crippen LogP contribution in [-0.4, -0.2) is 37.9 Å². The number of methoxy groups -OCH3 is 3. The van der Waals surface area contributed by atoms with Gasteiger partial charge in [0.1, 0.15) is 28.7 Å². The summed E-state index contributed by atoms with van der Waals surface area (Å²) in [6.45, 7) is 2.03. The molecule has 0 aliphatic rings. The molecule has 6 nitrogen and oxygen atoms in total. The summed E-state index contributed by atoms with van der Waals surface area (Å²) in [7, 11) is 4.62. The topological polar surface area (TPSA) is 74.7 Å². The summed E-state index contributed by atoms with van der Waals surface area (Å²) in [6, 6.07) is 12.9. The van der Waals surface area contributed by atoms with E-state index in [0.717, 1.165) is 5.56 Å². The van der Waals surface area contributed by atoms with Crippen LogP contribution < -0.4 is 9.47 Å². The Morgan fingerprint density at radius 3 is 2.27 bits per heavy atom. The predicted octanol–water partition coefficient (Wildman–Crippen LogP) is 5.21. The first-order valence-corrected chi connectivity index (χ1v) is 10.4. The number of hydrogen-bond donors (Lipinski definition) is 0. The van der Waals surface area contributed by atoms with Crippen molar-refractivity contribution in [2.45, 2.75) is 26.4 Å². The molecule has 1 heterocycles. The van der Waals surface area contributed by atoms with Crippen LogP contribution in [0, 0.1) is 12.7 Å². The second kappa shape index (κ2) is 10.8. The molecule has 172 valence electrons. The Kier molecular flexibility index (Phi) is 7.90. The van der Waals surface area contributed by atoms with Crippen LogP contribution >= 0.6 is 0 Å². The molecule has 0 N–H and O–H groups in total. The van der Waals surface area contributed by atoms with Crippen LogP contribution in [0.4, 0.5) is 4.39 Å². The zero-order chi connectivity index (χ0) is 24.0. The maximum Gasteiger partial charge on any atom is 0.181 e. The molecule has 0 bridgehead atoms. The number of halogens is 1. The van der Waals surface area contributed by atoms with Crippen molar-refractivity contribution in [3.05, 3.63) is 76.7 Å². The van der Waals surface area contributed by atoms with Crippen LogP contribution in [0.1, 0.15) is 44.8 Å². The Balaban J connectivity index is 1.76. The lowest BCUT2D eigenvalue weighted by Gasteiger charge is -2.11. The van der Waals surface area contributed by atoms with Crippen molar-refractivity contribution in [3.63, 3.8) is 0 Å². The van der Waals surface area contributed by atoms with Crippen LogP contribution in [0.2, 0.25) is 0 Å². The van der Waals surface area contributed by atoms with E-state index in [9.17, 15) is 14.0 Å². The quantitative estimate of drug-likeness (QED) is 0.394. The zero-order valence-electron chi connectivity index (χ0n) is 19.1. The van der Waals surface area contributed by atoms with Gasteiger partial charge in [0.15, 0.2) is 11.6 Å². The van der Waals surface area contributed by atoms with Gasteiger partial charge in [-0.25, -0.2) is 9.37 Å². The van der Waals surface area contributed by atoms with Gasteiger partial charge in [-0.15, -0.1) is 0 Å². The molecule has 0 spiro atoms. The molecule has 3 rings (SSSR count). The van der Waals surface area contributed by atoms with Crippen LogP contribution in [-0.2, 0) is 11.3 Å². The second-order valence-electron chi connectivity index (χ2n) is 7.52. The SMILES string of the molecule is COCc1ccc(C(=O)CCC(=O)c2ccc(OC)c(-c3ccc(F)c(C)c3)n2)cc1OC. The number of pyridine rings is 1. The molecule has 2 aromatic carbocycles. The van der Waals surface area contributed by atoms with Gasteiger partial charge >= 0.3 is 0 Å². The summed E-state index contributed by atoms with van der Waals surface area (Å²) >= 11 is 0. The highest BCUT2D eigenvalue weighted by Crippen LogP contribution is 2.30. The van der Waals surface area contributed by atoms with Crippen LogP contribution in [0.3, 0.4) is 0 Å². The van der Waals surface area contributed by atoms with E-state index in [2.05, 4.69) is 4.98 Å². The molecule has 3 aromatic rings. The third-order valence-electron chi connectivity index (χ3n) is 5.28. The van der Waals surface area contributed by atoms with Crippen molar-refractivity contribution >= 4 is 11.6 Å². The van der Waals surface area contributed by atoms with Gasteiger partial charge in [0, 0.05) is 36.6 Å². The van der Waals surface area contributed by atoms with E-state index < -0.39 is 0 Å². The number of nitrogens with zero attached hydrogens (tertiary/aromatic N) is 1. The van der Waals surface area contributed by atoms with Crippen molar-refractivity contribution in [1.82, 2.24) is 4.98 Å². The lowest BCUT2D eigenvalue weighted by Crippen LogP contribution is -2.08. The second-order valence-corrected chi connectivity index (χ2v) is 7.52. The van der Waals surface area contributed by atoms with Crippen molar-refractivity contribution in [2.75, 3.05) is 21.3 Å². The van der Waals surface area contributed by atoms with E-state index in [-0.39, 0.29) is 35.9 Å². The molecule has 0 radical (unpaired) electrons. The maximum atomic E-state index is 13.7. The molecule has 1 aromatic heterocycles. The number of aryl methyl sites for hydroxylation is 1. The third-order valence-corrected chi connectivity index (χ3v) is 5.28. The smallest absolute Gasteiger partial charge is 0.181 e. The lowest BCUT2D eigenvalue weighted by molar-refractivity contribution is 0.0915. The largest absolute Gasteiger partial charge is 0.496 e. The van der Waals surface area contributed by atoms with E-state index in [0.29, 0.717) is 40.5 Å². The number of carbonyl (C=O) groups is 2. The Bertz CT molecular complexity index is 1180. The van der Waals surface area contributed by atoms with Gasteiger partial charge in [0.25, 0.3) is 0 Å². The van der Waals surface area contributed by atoms with Crippen molar-refractivity contribution < 1.29 is 28.2 Å².